The summed E-state index contributed by atoms with van der Waals surface area (Å²) in [7, 11) is 0. The topological polar surface area (TPSA) is 65.5 Å². The van der Waals surface area contributed by atoms with E-state index in [1.54, 1.807) is 6.20 Å². The third kappa shape index (κ3) is 4.75. The molecule has 2 fully saturated rings. The number of pyridine rings is 1. The van der Waals surface area contributed by atoms with E-state index in [-0.39, 0.29) is 18.0 Å². The van der Waals surface area contributed by atoms with Crippen molar-refractivity contribution in [3.8, 4) is 11.3 Å². The van der Waals surface area contributed by atoms with Crippen LogP contribution >= 0.6 is 0 Å². The summed E-state index contributed by atoms with van der Waals surface area (Å²) in [6, 6.07) is 14.2. The van der Waals surface area contributed by atoms with Crippen LogP contribution in [0.5, 0.6) is 0 Å². The van der Waals surface area contributed by atoms with Crippen LogP contribution < -0.4 is 5.32 Å². The molecule has 3 heterocycles. The van der Waals surface area contributed by atoms with Crippen molar-refractivity contribution in [2.75, 3.05) is 19.6 Å². The molecule has 0 bridgehead atoms. The van der Waals surface area contributed by atoms with E-state index in [0.29, 0.717) is 19.5 Å². The molecule has 2 aromatic rings. The number of benzene rings is 1. The molecule has 0 spiro atoms. The third-order valence-electron chi connectivity index (χ3n) is 5.87. The van der Waals surface area contributed by atoms with Gasteiger partial charge >= 0.3 is 6.03 Å². The minimum Gasteiger partial charge on any atom is -0.340 e. The minimum absolute atomic E-state index is 0.0263. The molecule has 4 rings (SSSR count). The Bertz CT molecular complexity index is 855. The van der Waals surface area contributed by atoms with Gasteiger partial charge in [0.2, 0.25) is 5.91 Å². The Morgan fingerprint density at radius 2 is 2.00 bits per heavy atom. The summed E-state index contributed by atoms with van der Waals surface area (Å²) in [4.78, 5) is 33.0. The number of urea groups is 1. The minimum atomic E-state index is -0.0263. The number of aromatic nitrogens is 1. The molecule has 1 atom stereocenters. The van der Waals surface area contributed by atoms with Gasteiger partial charge in [-0.25, -0.2) is 4.79 Å². The van der Waals surface area contributed by atoms with Gasteiger partial charge in [-0.3, -0.25) is 9.78 Å². The van der Waals surface area contributed by atoms with Crippen LogP contribution in [0.15, 0.2) is 48.7 Å². The molecule has 3 amide bonds. The number of nitrogens with zero attached hydrogens (tertiary/aromatic N) is 3. The Labute approximate surface area is 171 Å². The van der Waals surface area contributed by atoms with Gasteiger partial charge in [-0.05, 0) is 49.4 Å². The van der Waals surface area contributed by atoms with Gasteiger partial charge in [-0.15, -0.1) is 0 Å². The molecule has 6 heteroatoms. The van der Waals surface area contributed by atoms with E-state index >= 15 is 0 Å². The largest absolute Gasteiger partial charge is 0.340 e. The first-order chi connectivity index (χ1) is 14.2. The average molecular weight is 393 g/mol. The normalized spacial score (nSPS) is 19.9. The molecule has 1 aromatic carbocycles. The highest BCUT2D eigenvalue weighted by atomic mass is 16.2. The lowest BCUT2D eigenvalue weighted by molar-refractivity contribution is -0.129. The van der Waals surface area contributed by atoms with Gasteiger partial charge in [0.25, 0.3) is 0 Å². The SMILES string of the molecule is O=C(NCc1cccc(-c2ccccn2)c1)N1CCCC(N2CCCC2=O)CC1. The second kappa shape index (κ2) is 9.07. The van der Waals surface area contributed by atoms with Crippen molar-refractivity contribution < 1.29 is 9.59 Å². The maximum Gasteiger partial charge on any atom is 0.317 e. The van der Waals surface area contributed by atoms with Crippen LogP contribution in [0.3, 0.4) is 0 Å². The smallest absolute Gasteiger partial charge is 0.317 e. The Morgan fingerprint density at radius 3 is 2.79 bits per heavy atom. The highest BCUT2D eigenvalue weighted by Gasteiger charge is 2.30. The lowest BCUT2D eigenvalue weighted by Crippen LogP contribution is -2.41. The summed E-state index contributed by atoms with van der Waals surface area (Å²) < 4.78 is 0. The Kier molecular flexibility index (Phi) is 6.08. The predicted molar refractivity (Wildman–Crippen MR) is 112 cm³/mol. The number of hydrogen-bond donors (Lipinski definition) is 1. The van der Waals surface area contributed by atoms with E-state index < -0.39 is 0 Å². The lowest BCUT2D eigenvalue weighted by atomic mass is 10.1. The monoisotopic (exact) mass is 392 g/mol. The Balaban J connectivity index is 1.31. The summed E-state index contributed by atoms with van der Waals surface area (Å²) >= 11 is 0. The molecule has 0 saturated carbocycles. The molecular weight excluding hydrogens is 364 g/mol. The maximum atomic E-state index is 12.7. The van der Waals surface area contributed by atoms with Crippen molar-refractivity contribution in [2.24, 2.45) is 0 Å². The number of nitrogens with one attached hydrogen (secondary N) is 1. The van der Waals surface area contributed by atoms with Crippen molar-refractivity contribution in [1.82, 2.24) is 20.1 Å². The van der Waals surface area contributed by atoms with Crippen molar-refractivity contribution in [3.05, 3.63) is 54.2 Å². The predicted octanol–water partition coefficient (Wildman–Crippen LogP) is 3.44. The van der Waals surface area contributed by atoms with Gasteiger partial charge in [0.15, 0.2) is 0 Å². The van der Waals surface area contributed by atoms with E-state index in [9.17, 15) is 9.59 Å². The quantitative estimate of drug-likeness (QED) is 0.867. The van der Waals surface area contributed by atoms with Crippen LogP contribution in [0.1, 0.15) is 37.7 Å². The summed E-state index contributed by atoms with van der Waals surface area (Å²) in [5.74, 6) is 0.278. The summed E-state index contributed by atoms with van der Waals surface area (Å²) in [5, 5.41) is 3.05. The molecule has 2 aliphatic heterocycles. The molecule has 2 aliphatic rings. The highest BCUT2D eigenvalue weighted by molar-refractivity contribution is 5.78. The Hall–Kier alpha value is -2.89. The fraction of sp³-hybridized carbons (Fsp3) is 0.435. The number of carbonyl (C=O) groups is 2. The van der Waals surface area contributed by atoms with E-state index in [4.69, 9.17) is 0 Å². The highest BCUT2D eigenvalue weighted by Crippen LogP contribution is 2.22. The van der Waals surface area contributed by atoms with Crippen LogP contribution in [0.2, 0.25) is 0 Å². The molecule has 1 aromatic heterocycles. The second-order valence-corrected chi connectivity index (χ2v) is 7.84. The van der Waals surface area contributed by atoms with Gasteiger partial charge in [-0.2, -0.15) is 0 Å². The molecule has 1 unspecified atom stereocenters. The fourth-order valence-corrected chi connectivity index (χ4v) is 4.31. The molecule has 152 valence electrons. The molecular formula is C23H28N4O2. The Morgan fingerprint density at radius 1 is 1.07 bits per heavy atom. The van der Waals surface area contributed by atoms with Crippen molar-refractivity contribution in [1.29, 1.82) is 0 Å². The number of rotatable bonds is 4. The summed E-state index contributed by atoms with van der Waals surface area (Å²) in [6.45, 7) is 2.82. The molecule has 0 aliphatic carbocycles. The van der Waals surface area contributed by atoms with Crippen LogP contribution in [0, 0.1) is 0 Å². The van der Waals surface area contributed by atoms with Gasteiger partial charge in [0.1, 0.15) is 0 Å². The molecule has 6 nitrogen and oxygen atoms in total. The summed E-state index contributed by atoms with van der Waals surface area (Å²) in [6.07, 6.45) is 6.23. The van der Waals surface area contributed by atoms with Crippen molar-refractivity contribution in [2.45, 2.75) is 44.7 Å². The number of amides is 3. The standard InChI is InChI=1S/C23H28N4O2/c28-22-10-5-14-27(22)20-8-4-13-26(15-11-20)23(29)25-17-18-6-3-7-19(16-18)21-9-1-2-12-24-21/h1-3,6-7,9,12,16,20H,4-5,8,10-11,13-15,17H2,(H,25,29). The van der Waals surface area contributed by atoms with Crippen LogP contribution in [0.4, 0.5) is 4.79 Å². The van der Waals surface area contributed by atoms with Crippen LogP contribution in [-0.4, -0.2) is 52.4 Å². The molecule has 0 radical (unpaired) electrons. The van der Waals surface area contributed by atoms with E-state index in [1.165, 1.54) is 0 Å². The van der Waals surface area contributed by atoms with E-state index in [1.807, 2.05) is 46.2 Å². The van der Waals surface area contributed by atoms with Crippen molar-refractivity contribution >= 4 is 11.9 Å². The van der Waals surface area contributed by atoms with E-state index in [0.717, 1.165) is 55.6 Å². The third-order valence-corrected chi connectivity index (χ3v) is 5.87. The first-order valence-corrected chi connectivity index (χ1v) is 10.5. The zero-order chi connectivity index (χ0) is 20.1. The molecule has 1 N–H and O–H groups in total. The lowest BCUT2D eigenvalue weighted by Gasteiger charge is -2.27. The average Bonchev–Trinajstić information content (AvgIpc) is 3.04. The maximum absolute atomic E-state index is 12.7. The number of carbonyl (C=O) groups excluding carboxylic acids is 2. The molecule has 29 heavy (non-hydrogen) atoms. The number of likely N-dealkylation sites (tertiary alicyclic amines) is 2. The molecule has 2 saturated heterocycles. The van der Waals surface area contributed by atoms with E-state index in [2.05, 4.69) is 16.4 Å². The van der Waals surface area contributed by atoms with Crippen LogP contribution in [0.25, 0.3) is 11.3 Å². The van der Waals surface area contributed by atoms with Gasteiger partial charge in [-0.1, -0.05) is 24.3 Å². The van der Waals surface area contributed by atoms with Gasteiger partial charge < -0.3 is 15.1 Å². The first-order valence-electron chi connectivity index (χ1n) is 10.5. The zero-order valence-electron chi connectivity index (χ0n) is 16.7. The zero-order valence-corrected chi connectivity index (χ0v) is 16.7. The first kappa shape index (κ1) is 19.4. The second-order valence-electron chi connectivity index (χ2n) is 7.84. The fourth-order valence-electron chi connectivity index (χ4n) is 4.31. The summed E-state index contributed by atoms with van der Waals surface area (Å²) in [5.41, 5.74) is 3.03. The van der Waals surface area contributed by atoms with Crippen molar-refractivity contribution in [3.63, 3.8) is 0 Å². The van der Waals surface area contributed by atoms with Gasteiger partial charge in [0.05, 0.1) is 5.69 Å². The van der Waals surface area contributed by atoms with Gasteiger partial charge in [0, 0.05) is 50.4 Å². The number of hydrogen-bond acceptors (Lipinski definition) is 3. The van der Waals surface area contributed by atoms with Crippen LogP contribution in [-0.2, 0) is 11.3 Å².